The third-order valence-corrected chi connectivity index (χ3v) is 17.8. The highest BCUT2D eigenvalue weighted by atomic mass is 32.4. The predicted molar refractivity (Wildman–Crippen MR) is 78.8 cm³/mol. The average molecular weight is 265 g/mol. The SMILES string of the molecule is CCO[Si](C)(C)CS[Si](CC)(CC)CC. The molecular weight excluding hydrogens is 236 g/mol. The van der Waals surface area contributed by atoms with Crippen molar-refractivity contribution in [3.05, 3.63) is 0 Å². The van der Waals surface area contributed by atoms with Gasteiger partial charge in [0.2, 0.25) is 0 Å². The molecule has 0 aromatic carbocycles. The summed E-state index contributed by atoms with van der Waals surface area (Å²) >= 11 is 2.29. The molecule has 0 rings (SSSR count). The summed E-state index contributed by atoms with van der Waals surface area (Å²) in [5.74, 6) is 0. The van der Waals surface area contributed by atoms with Crippen molar-refractivity contribution >= 4 is 26.8 Å². The highest BCUT2D eigenvalue weighted by Crippen LogP contribution is 2.34. The lowest BCUT2D eigenvalue weighted by Crippen LogP contribution is -2.38. The zero-order chi connectivity index (χ0) is 11.9. The van der Waals surface area contributed by atoms with E-state index in [0.717, 1.165) is 6.61 Å². The number of rotatable bonds is 8. The molecule has 0 heterocycles. The van der Waals surface area contributed by atoms with Crippen LogP contribution in [0, 0.1) is 0 Å². The van der Waals surface area contributed by atoms with E-state index in [4.69, 9.17) is 4.43 Å². The first kappa shape index (κ1) is 15.7. The van der Waals surface area contributed by atoms with Crippen molar-refractivity contribution in [3.63, 3.8) is 0 Å². The monoisotopic (exact) mass is 264 g/mol. The van der Waals surface area contributed by atoms with Crippen molar-refractivity contribution in [3.8, 4) is 0 Å². The second kappa shape index (κ2) is 7.14. The molecule has 0 aliphatic carbocycles. The summed E-state index contributed by atoms with van der Waals surface area (Å²) in [7, 11) is -2.35. The fourth-order valence-electron chi connectivity index (χ4n) is 1.82. The molecule has 0 aliphatic rings. The van der Waals surface area contributed by atoms with Gasteiger partial charge < -0.3 is 4.43 Å². The van der Waals surface area contributed by atoms with Gasteiger partial charge in [0.15, 0.2) is 8.32 Å². The van der Waals surface area contributed by atoms with Crippen molar-refractivity contribution in [2.75, 3.05) is 12.0 Å². The average Bonchev–Trinajstić information content (AvgIpc) is 2.21. The minimum Gasteiger partial charge on any atom is -0.417 e. The van der Waals surface area contributed by atoms with E-state index in [9.17, 15) is 0 Å². The van der Waals surface area contributed by atoms with Gasteiger partial charge in [0.1, 0.15) is 7.22 Å². The summed E-state index contributed by atoms with van der Waals surface area (Å²) in [6.45, 7) is 14.8. The molecule has 0 bridgehead atoms. The van der Waals surface area contributed by atoms with Crippen LogP contribution in [0.5, 0.6) is 0 Å². The Morgan fingerprint density at radius 2 is 1.40 bits per heavy atom. The lowest BCUT2D eigenvalue weighted by atomic mass is 10.9. The van der Waals surface area contributed by atoms with Crippen LogP contribution in [0.25, 0.3) is 0 Å². The first-order valence-corrected chi connectivity index (χ1v) is 13.7. The lowest BCUT2D eigenvalue weighted by Gasteiger charge is -2.31. The Kier molecular flexibility index (Phi) is 7.50. The van der Waals surface area contributed by atoms with E-state index in [1.54, 1.807) is 0 Å². The van der Waals surface area contributed by atoms with Crippen molar-refractivity contribution in [1.29, 1.82) is 0 Å². The Balaban J connectivity index is 4.20. The lowest BCUT2D eigenvalue weighted by molar-refractivity contribution is 0.334. The highest BCUT2D eigenvalue weighted by molar-refractivity contribution is 8.29. The minimum atomic E-state index is -1.36. The van der Waals surface area contributed by atoms with E-state index >= 15 is 0 Å². The van der Waals surface area contributed by atoms with Crippen LogP contribution < -0.4 is 0 Å². The number of hydrogen-bond donors (Lipinski definition) is 0. The van der Waals surface area contributed by atoms with Crippen LogP contribution in [0.4, 0.5) is 0 Å². The molecule has 0 fully saturated rings. The van der Waals surface area contributed by atoms with Crippen LogP contribution in [-0.4, -0.2) is 27.5 Å². The van der Waals surface area contributed by atoms with E-state index in [1.165, 1.54) is 23.5 Å². The highest BCUT2D eigenvalue weighted by Gasteiger charge is 2.32. The molecule has 0 atom stereocenters. The molecular formula is C11H28OSSi2. The van der Waals surface area contributed by atoms with E-state index in [1.807, 2.05) is 0 Å². The van der Waals surface area contributed by atoms with Gasteiger partial charge in [-0.1, -0.05) is 38.9 Å². The largest absolute Gasteiger partial charge is 0.417 e. The summed E-state index contributed by atoms with van der Waals surface area (Å²) in [6, 6.07) is 4.25. The van der Waals surface area contributed by atoms with Gasteiger partial charge in [-0.05, 0) is 20.0 Å². The standard InChI is InChI=1S/C11H28OSSi2/c1-7-12-14(5,6)11-13-15(8-2,9-3)10-4/h7-11H2,1-6H3. The summed E-state index contributed by atoms with van der Waals surface area (Å²) in [5.41, 5.74) is 0. The Morgan fingerprint density at radius 1 is 0.933 bits per heavy atom. The van der Waals surface area contributed by atoms with Crippen molar-refractivity contribution in [2.24, 2.45) is 0 Å². The van der Waals surface area contributed by atoms with Crippen LogP contribution in [0.15, 0.2) is 0 Å². The maximum absolute atomic E-state index is 5.90. The van der Waals surface area contributed by atoms with E-state index in [0.29, 0.717) is 0 Å². The van der Waals surface area contributed by atoms with Gasteiger partial charge in [-0.25, -0.2) is 0 Å². The summed E-state index contributed by atoms with van der Waals surface area (Å²) in [5, 5.41) is 1.29. The van der Waals surface area contributed by atoms with E-state index in [2.05, 4.69) is 52.0 Å². The number of hydrogen-bond acceptors (Lipinski definition) is 2. The third-order valence-electron chi connectivity index (χ3n) is 3.19. The van der Waals surface area contributed by atoms with Crippen molar-refractivity contribution in [2.45, 2.75) is 58.9 Å². The third kappa shape index (κ3) is 5.56. The zero-order valence-electron chi connectivity index (χ0n) is 11.4. The van der Waals surface area contributed by atoms with Crippen LogP contribution in [0.1, 0.15) is 27.7 Å². The van der Waals surface area contributed by atoms with Crippen LogP contribution in [-0.2, 0) is 4.43 Å². The van der Waals surface area contributed by atoms with Gasteiger partial charge in [0, 0.05) is 12.0 Å². The zero-order valence-corrected chi connectivity index (χ0v) is 14.2. The van der Waals surface area contributed by atoms with Crippen molar-refractivity contribution in [1.82, 2.24) is 0 Å². The summed E-state index contributed by atoms with van der Waals surface area (Å²) in [4.78, 5) is 0. The Bertz CT molecular complexity index is 162. The molecule has 0 N–H and O–H groups in total. The van der Waals surface area contributed by atoms with Crippen LogP contribution in [0.3, 0.4) is 0 Å². The molecule has 1 nitrogen and oxygen atoms in total. The summed E-state index contributed by atoms with van der Waals surface area (Å²) < 4.78 is 5.90. The molecule has 0 radical (unpaired) electrons. The Labute approximate surface area is 102 Å². The van der Waals surface area contributed by atoms with Crippen LogP contribution >= 0.6 is 11.2 Å². The topological polar surface area (TPSA) is 9.23 Å². The fourth-order valence-corrected chi connectivity index (χ4v) is 15.4. The molecule has 0 aromatic heterocycles. The van der Waals surface area contributed by atoms with E-state index in [-0.39, 0.29) is 0 Å². The second-order valence-corrected chi connectivity index (χ2v) is 17.9. The molecule has 0 unspecified atom stereocenters. The maximum Gasteiger partial charge on any atom is 0.195 e. The second-order valence-electron chi connectivity index (χ2n) is 4.73. The predicted octanol–water partition coefficient (Wildman–Crippen LogP) is 4.51. The van der Waals surface area contributed by atoms with Gasteiger partial charge in [0.05, 0.1) is 0 Å². The molecule has 0 amide bonds. The van der Waals surface area contributed by atoms with Crippen molar-refractivity contribution < 1.29 is 4.43 Å². The molecule has 0 saturated heterocycles. The Hall–Kier alpha value is 0.744. The van der Waals surface area contributed by atoms with Gasteiger partial charge in [0.25, 0.3) is 0 Å². The fraction of sp³-hybridized carbons (Fsp3) is 1.00. The molecule has 0 spiro atoms. The molecule has 0 saturated carbocycles. The van der Waals surface area contributed by atoms with E-state index < -0.39 is 15.5 Å². The smallest absolute Gasteiger partial charge is 0.195 e. The van der Waals surface area contributed by atoms with Crippen LogP contribution in [0.2, 0.25) is 31.2 Å². The maximum atomic E-state index is 5.90. The molecule has 15 heavy (non-hydrogen) atoms. The quantitative estimate of drug-likeness (QED) is 0.597. The van der Waals surface area contributed by atoms with Gasteiger partial charge in [-0.3, -0.25) is 0 Å². The van der Waals surface area contributed by atoms with Gasteiger partial charge >= 0.3 is 0 Å². The molecule has 0 aromatic rings. The van der Waals surface area contributed by atoms with Gasteiger partial charge in [-0.2, -0.15) is 11.2 Å². The first-order chi connectivity index (χ1) is 6.95. The molecule has 4 heteroatoms. The Morgan fingerprint density at radius 3 is 1.73 bits per heavy atom. The summed E-state index contributed by atoms with van der Waals surface area (Å²) in [6.07, 6.45) is 0. The molecule has 92 valence electrons. The normalized spacial score (nSPS) is 13.2. The minimum absolute atomic E-state index is 0.888. The molecule has 0 aliphatic heterocycles. The van der Waals surface area contributed by atoms with Gasteiger partial charge in [-0.15, -0.1) is 0 Å². The first-order valence-electron chi connectivity index (χ1n) is 6.23.